The smallest absolute Gasteiger partial charge is 0.269 e. The summed E-state index contributed by atoms with van der Waals surface area (Å²) in [5, 5.41) is 10.0. The average molecular weight is 410 g/mol. The average Bonchev–Trinajstić information content (AvgIpc) is 3.63. The van der Waals surface area contributed by atoms with E-state index < -0.39 is 4.92 Å². The lowest BCUT2D eigenvalue weighted by molar-refractivity contribution is -0.384. The number of thiol groups is 1. The Kier molecular flexibility index (Phi) is 19.8. The topological polar surface area (TPSA) is 104 Å². The van der Waals surface area contributed by atoms with Gasteiger partial charge < -0.3 is 16.2 Å². The van der Waals surface area contributed by atoms with Crippen LogP contribution < -0.4 is 16.2 Å². The van der Waals surface area contributed by atoms with Gasteiger partial charge in [-0.15, -0.1) is 0 Å². The van der Waals surface area contributed by atoms with Gasteiger partial charge in [-0.05, 0) is 49.3 Å². The number of methoxy groups -OCH3 is 1. The van der Waals surface area contributed by atoms with Gasteiger partial charge in [-0.25, -0.2) is 0 Å². The summed E-state index contributed by atoms with van der Waals surface area (Å²) in [4.78, 5) is 9.59. The van der Waals surface area contributed by atoms with Crippen LogP contribution in [-0.4, -0.2) is 24.8 Å². The Balaban J connectivity index is 0. The molecular formula is C21H35N3O3S. The molecule has 7 heteroatoms. The zero-order valence-corrected chi connectivity index (χ0v) is 18.3. The molecule has 2 aromatic carbocycles. The minimum Gasteiger partial charge on any atom is -0.497 e. The summed E-state index contributed by atoms with van der Waals surface area (Å²) in [6, 6.07) is 15.7. The summed E-state index contributed by atoms with van der Waals surface area (Å²) in [6.45, 7) is 5.50. The summed E-state index contributed by atoms with van der Waals surface area (Å²) in [7, 11) is 1.65. The summed E-state index contributed by atoms with van der Waals surface area (Å²) < 4.78 is 4.97. The molecule has 28 heavy (non-hydrogen) atoms. The molecule has 0 amide bonds. The van der Waals surface area contributed by atoms with Gasteiger partial charge in [0.2, 0.25) is 0 Å². The molecule has 3 rings (SSSR count). The number of nitrogens with zero attached hydrogens (tertiary/aromatic N) is 1. The number of nitro groups is 1. The first-order chi connectivity index (χ1) is 13.6. The molecule has 158 valence electrons. The Labute approximate surface area is 174 Å². The largest absolute Gasteiger partial charge is 0.497 e. The Morgan fingerprint density at radius 1 is 1.04 bits per heavy atom. The van der Waals surface area contributed by atoms with Crippen LogP contribution in [0.1, 0.15) is 32.3 Å². The van der Waals surface area contributed by atoms with Gasteiger partial charge in [0.1, 0.15) is 5.75 Å². The van der Waals surface area contributed by atoms with Gasteiger partial charge in [0.05, 0.1) is 12.0 Å². The number of non-ortho nitro benzene ring substituents is 1. The molecule has 2 aromatic rings. The summed E-state index contributed by atoms with van der Waals surface area (Å²) in [5.74, 6) is 1.78. The van der Waals surface area contributed by atoms with E-state index in [1.165, 1.54) is 25.0 Å². The van der Waals surface area contributed by atoms with Crippen LogP contribution >= 0.6 is 12.6 Å². The molecule has 1 fully saturated rings. The predicted molar refractivity (Wildman–Crippen MR) is 122 cm³/mol. The molecule has 6 nitrogen and oxygen atoms in total. The van der Waals surface area contributed by atoms with Crippen molar-refractivity contribution >= 4 is 18.3 Å². The Hall–Kier alpha value is -2.09. The van der Waals surface area contributed by atoms with Gasteiger partial charge in [-0.3, -0.25) is 10.1 Å². The highest BCUT2D eigenvalue weighted by Gasteiger charge is 2.17. The standard InChI is InChI=1S/C8H11NO.C6H5NO2.C4H9N.C2H6.CH4S/c1-10-8-4-2-7(6-9)3-5-8;8-7(9)6-4-2-1-3-5-6;5-3-4-1-2-4;2*1-2/h2-5H,6,9H2,1H3;1-5H;4H,1-3,5H2;1-2H3;2H,1H3. The molecule has 1 aliphatic carbocycles. The number of ether oxygens (including phenoxy) is 1. The van der Waals surface area contributed by atoms with Crippen molar-refractivity contribution in [2.45, 2.75) is 33.2 Å². The fourth-order valence-electron chi connectivity index (χ4n) is 1.66. The summed E-state index contributed by atoms with van der Waals surface area (Å²) >= 11 is 3.53. The first-order valence-electron chi connectivity index (χ1n) is 9.28. The number of nitrogens with two attached hydrogens (primary N) is 2. The van der Waals surface area contributed by atoms with E-state index in [4.69, 9.17) is 16.2 Å². The monoisotopic (exact) mass is 409 g/mol. The lowest BCUT2D eigenvalue weighted by Gasteiger charge is -1.99. The minimum absolute atomic E-state index is 0.137. The van der Waals surface area contributed by atoms with Crippen LogP contribution in [0.2, 0.25) is 0 Å². The van der Waals surface area contributed by atoms with Crippen molar-refractivity contribution in [2.75, 3.05) is 19.9 Å². The van der Waals surface area contributed by atoms with Gasteiger partial charge in [-0.2, -0.15) is 12.6 Å². The lowest BCUT2D eigenvalue weighted by Crippen LogP contribution is -1.98. The zero-order chi connectivity index (χ0) is 21.8. The van der Waals surface area contributed by atoms with Crippen LogP contribution in [0.3, 0.4) is 0 Å². The first kappa shape index (κ1) is 28.1. The molecule has 0 saturated heterocycles. The van der Waals surface area contributed by atoms with Gasteiger partial charge >= 0.3 is 0 Å². The fourth-order valence-corrected chi connectivity index (χ4v) is 1.66. The van der Waals surface area contributed by atoms with E-state index in [1.54, 1.807) is 31.6 Å². The molecule has 0 heterocycles. The zero-order valence-electron chi connectivity index (χ0n) is 17.4. The van der Waals surface area contributed by atoms with Crippen LogP contribution in [0.4, 0.5) is 5.69 Å². The van der Waals surface area contributed by atoms with E-state index in [-0.39, 0.29) is 5.69 Å². The minimum atomic E-state index is -0.417. The van der Waals surface area contributed by atoms with Crippen molar-refractivity contribution in [3.63, 3.8) is 0 Å². The van der Waals surface area contributed by atoms with Crippen molar-refractivity contribution in [1.29, 1.82) is 0 Å². The highest BCUT2D eigenvalue weighted by Crippen LogP contribution is 2.26. The highest BCUT2D eigenvalue weighted by molar-refractivity contribution is 7.79. The molecule has 1 aliphatic rings. The van der Waals surface area contributed by atoms with E-state index >= 15 is 0 Å². The number of para-hydroxylation sites is 1. The quantitative estimate of drug-likeness (QED) is 0.386. The van der Waals surface area contributed by atoms with E-state index in [0.717, 1.165) is 23.8 Å². The van der Waals surface area contributed by atoms with E-state index in [0.29, 0.717) is 6.54 Å². The van der Waals surface area contributed by atoms with Crippen molar-refractivity contribution < 1.29 is 9.66 Å². The van der Waals surface area contributed by atoms with Crippen molar-refractivity contribution in [2.24, 2.45) is 17.4 Å². The molecule has 0 bridgehead atoms. The molecule has 1 saturated carbocycles. The van der Waals surface area contributed by atoms with E-state index in [9.17, 15) is 10.1 Å². The maximum absolute atomic E-state index is 10.0. The second-order valence-corrected chi connectivity index (χ2v) is 5.32. The van der Waals surface area contributed by atoms with Crippen LogP contribution in [0.5, 0.6) is 5.75 Å². The number of hydrogen-bond acceptors (Lipinski definition) is 6. The van der Waals surface area contributed by atoms with Crippen LogP contribution in [-0.2, 0) is 6.54 Å². The van der Waals surface area contributed by atoms with E-state index in [2.05, 4.69) is 12.6 Å². The van der Waals surface area contributed by atoms with Gasteiger partial charge in [-0.1, -0.05) is 44.2 Å². The molecule has 0 radical (unpaired) electrons. The third kappa shape index (κ3) is 15.0. The van der Waals surface area contributed by atoms with Gasteiger partial charge in [0.15, 0.2) is 0 Å². The number of rotatable bonds is 4. The Morgan fingerprint density at radius 2 is 1.54 bits per heavy atom. The fraction of sp³-hybridized carbons (Fsp3) is 0.429. The lowest BCUT2D eigenvalue weighted by atomic mass is 10.2. The maximum Gasteiger partial charge on any atom is 0.269 e. The summed E-state index contributed by atoms with van der Waals surface area (Å²) in [5.41, 5.74) is 11.9. The second-order valence-electron chi connectivity index (χ2n) is 5.32. The summed E-state index contributed by atoms with van der Waals surface area (Å²) in [6.07, 6.45) is 4.47. The molecule has 0 aliphatic heterocycles. The number of nitro benzene ring substituents is 1. The van der Waals surface area contributed by atoms with Crippen molar-refractivity contribution in [3.05, 3.63) is 70.3 Å². The predicted octanol–water partition coefficient (Wildman–Crippen LogP) is 4.68. The van der Waals surface area contributed by atoms with Gasteiger partial charge in [0.25, 0.3) is 5.69 Å². The molecule has 0 aromatic heterocycles. The molecular weight excluding hydrogens is 374 g/mol. The molecule has 0 atom stereocenters. The van der Waals surface area contributed by atoms with Gasteiger partial charge in [0, 0.05) is 18.7 Å². The van der Waals surface area contributed by atoms with Crippen molar-refractivity contribution in [3.8, 4) is 5.75 Å². The third-order valence-corrected chi connectivity index (χ3v) is 3.39. The maximum atomic E-state index is 10.0. The number of benzene rings is 2. The normalized spacial score (nSPS) is 10.8. The highest BCUT2D eigenvalue weighted by atomic mass is 32.1. The molecule has 0 unspecified atom stereocenters. The Morgan fingerprint density at radius 3 is 1.79 bits per heavy atom. The number of hydrogen-bond donors (Lipinski definition) is 3. The van der Waals surface area contributed by atoms with Crippen LogP contribution in [0.15, 0.2) is 54.6 Å². The molecule has 4 N–H and O–H groups in total. The van der Waals surface area contributed by atoms with E-state index in [1.807, 2.05) is 38.1 Å². The van der Waals surface area contributed by atoms with Crippen molar-refractivity contribution in [1.82, 2.24) is 0 Å². The Bertz CT molecular complexity index is 569. The van der Waals surface area contributed by atoms with Crippen LogP contribution in [0.25, 0.3) is 0 Å². The SMILES string of the molecule is CC.COc1ccc(CN)cc1.CS.NCC1CC1.O=[N+]([O-])c1ccccc1. The third-order valence-electron chi connectivity index (χ3n) is 3.39. The first-order valence-corrected chi connectivity index (χ1v) is 10.2. The second kappa shape index (κ2) is 19.7. The van der Waals surface area contributed by atoms with Crippen LogP contribution in [0, 0.1) is 16.0 Å². The molecule has 0 spiro atoms.